The Morgan fingerprint density at radius 1 is 1.58 bits per heavy atom. The van der Waals surface area contributed by atoms with Crippen LogP contribution in [0.1, 0.15) is 24.8 Å². The molecule has 7 heteroatoms. The molecule has 1 unspecified atom stereocenters. The molecular weight excluding hydrogens is 248 g/mol. The van der Waals surface area contributed by atoms with E-state index in [0.717, 1.165) is 18.4 Å². The lowest BCUT2D eigenvalue weighted by Crippen LogP contribution is -2.43. The summed E-state index contributed by atoms with van der Waals surface area (Å²) in [5, 5.41) is 18.2. The second-order valence-corrected chi connectivity index (χ2v) is 4.89. The molecule has 104 valence electrons. The van der Waals surface area contributed by atoms with E-state index in [1.54, 1.807) is 17.9 Å². The molecule has 1 aliphatic rings. The number of nitrogens with one attached hydrogen (secondary N) is 2. The highest BCUT2D eigenvalue weighted by Gasteiger charge is 2.33. The molecule has 1 aliphatic carbocycles. The minimum atomic E-state index is -0.885. The van der Waals surface area contributed by atoms with E-state index in [4.69, 9.17) is 5.11 Å². The van der Waals surface area contributed by atoms with Crippen molar-refractivity contribution in [2.24, 2.45) is 13.0 Å². The van der Waals surface area contributed by atoms with Crippen LogP contribution < -0.4 is 10.6 Å². The van der Waals surface area contributed by atoms with Crippen molar-refractivity contribution in [3.63, 3.8) is 0 Å². The number of carboxylic acids is 1. The van der Waals surface area contributed by atoms with Gasteiger partial charge in [0.25, 0.3) is 0 Å². The standard InChI is InChI=1S/C12H18N4O3/c1-16-7-8(6-14-16)5-13-12(19)15-10(4-11(17)18)9-2-3-9/h6-7,9-10H,2-5H2,1H3,(H,17,18)(H2,13,15,19). The zero-order valence-electron chi connectivity index (χ0n) is 10.8. The van der Waals surface area contributed by atoms with Crippen LogP contribution in [0.5, 0.6) is 0 Å². The summed E-state index contributed by atoms with van der Waals surface area (Å²) in [6, 6.07) is -0.603. The molecule has 7 nitrogen and oxygen atoms in total. The van der Waals surface area contributed by atoms with E-state index in [0.29, 0.717) is 12.5 Å². The molecule has 1 aromatic rings. The second kappa shape index (κ2) is 5.73. The average molecular weight is 266 g/mol. The zero-order chi connectivity index (χ0) is 13.8. The number of rotatable bonds is 6. The van der Waals surface area contributed by atoms with Crippen LogP contribution in [0.15, 0.2) is 12.4 Å². The summed E-state index contributed by atoms with van der Waals surface area (Å²) in [7, 11) is 1.81. The molecule has 0 aromatic carbocycles. The van der Waals surface area contributed by atoms with Crippen LogP contribution in [-0.2, 0) is 18.4 Å². The van der Waals surface area contributed by atoms with Crippen LogP contribution in [0.2, 0.25) is 0 Å². The number of aliphatic carboxylic acids is 1. The van der Waals surface area contributed by atoms with Crippen LogP contribution in [0.3, 0.4) is 0 Å². The minimum absolute atomic E-state index is 0.0228. The number of hydrogen-bond donors (Lipinski definition) is 3. The maximum Gasteiger partial charge on any atom is 0.315 e. The number of aryl methyl sites for hydroxylation is 1. The van der Waals surface area contributed by atoms with Crippen molar-refractivity contribution in [1.29, 1.82) is 0 Å². The Kier molecular flexibility index (Phi) is 4.03. The molecule has 0 spiro atoms. The predicted octanol–water partition coefficient (Wildman–Crippen LogP) is 0.473. The fourth-order valence-corrected chi connectivity index (χ4v) is 1.99. The first-order valence-corrected chi connectivity index (χ1v) is 6.28. The van der Waals surface area contributed by atoms with Gasteiger partial charge < -0.3 is 15.7 Å². The maximum atomic E-state index is 11.7. The van der Waals surface area contributed by atoms with Gasteiger partial charge in [-0.15, -0.1) is 0 Å². The van der Waals surface area contributed by atoms with Gasteiger partial charge in [-0.25, -0.2) is 4.79 Å². The summed E-state index contributed by atoms with van der Waals surface area (Å²) >= 11 is 0. The molecule has 1 aromatic heterocycles. The first-order valence-electron chi connectivity index (χ1n) is 6.28. The average Bonchev–Trinajstić information content (AvgIpc) is 3.09. The third-order valence-electron chi connectivity index (χ3n) is 3.11. The molecule has 1 fully saturated rings. The summed E-state index contributed by atoms with van der Waals surface area (Å²) in [6.07, 6.45) is 5.44. The fourth-order valence-electron chi connectivity index (χ4n) is 1.99. The predicted molar refractivity (Wildman–Crippen MR) is 67.3 cm³/mol. The minimum Gasteiger partial charge on any atom is -0.481 e. The number of hydrogen-bond acceptors (Lipinski definition) is 3. The van der Waals surface area contributed by atoms with Crippen molar-refractivity contribution in [1.82, 2.24) is 20.4 Å². The summed E-state index contributed by atoms with van der Waals surface area (Å²) in [6.45, 7) is 0.379. The third-order valence-corrected chi connectivity index (χ3v) is 3.11. The number of carbonyl (C=O) groups is 2. The molecular formula is C12H18N4O3. The smallest absolute Gasteiger partial charge is 0.315 e. The van der Waals surface area contributed by atoms with E-state index in [2.05, 4.69) is 15.7 Å². The summed E-state index contributed by atoms with van der Waals surface area (Å²) < 4.78 is 1.66. The van der Waals surface area contributed by atoms with Crippen molar-refractivity contribution < 1.29 is 14.7 Å². The molecule has 2 rings (SSSR count). The Hall–Kier alpha value is -2.05. The molecule has 1 atom stereocenters. The number of amides is 2. The lowest BCUT2D eigenvalue weighted by Gasteiger charge is -2.16. The van der Waals surface area contributed by atoms with E-state index in [-0.39, 0.29) is 18.5 Å². The number of carboxylic acid groups (broad SMARTS) is 1. The Morgan fingerprint density at radius 3 is 2.84 bits per heavy atom. The lowest BCUT2D eigenvalue weighted by atomic mass is 10.1. The Balaban J connectivity index is 1.77. The number of carbonyl (C=O) groups excluding carboxylic acids is 1. The van der Waals surface area contributed by atoms with Gasteiger partial charge in [0.15, 0.2) is 0 Å². The first kappa shape index (κ1) is 13.4. The van der Waals surface area contributed by atoms with Gasteiger partial charge in [0.1, 0.15) is 0 Å². The van der Waals surface area contributed by atoms with E-state index < -0.39 is 5.97 Å². The monoisotopic (exact) mass is 266 g/mol. The van der Waals surface area contributed by atoms with Crippen LogP contribution in [0.25, 0.3) is 0 Å². The fraction of sp³-hybridized carbons (Fsp3) is 0.583. The number of urea groups is 1. The van der Waals surface area contributed by atoms with E-state index in [1.807, 2.05) is 6.20 Å². The third kappa shape index (κ3) is 4.27. The van der Waals surface area contributed by atoms with Gasteiger partial charge >= 0.3 is 12.0 Å². The normalized spacial score (nSPS) is 15.8. The van der Waals surface area contributed by atoms with Gasteiger partial charge in [0.2, 0.25) is 0 Å². The molecule has 2 amide bonds. The van der Waals surface area contributed by atoms with Crippen molar-refractivity contribution in [3.05, 3.63) is 18.0 Å². The molecule has 0 saturated heterocycles. The Morgan fingerprint density at radius 2 is 2.32 bits per heavy atom. The van der Waals surface area contributed by atoms with Gasteiger partial charge in [-0.2, -0.15) is 5.10 Å². The SMILES string of the molecule is Cn1cc(CNC(=O)NC(CC(=O)O)C2CC2)cn1. The van der Waals surface area contributed by atoms with Gasteiger partial charge in [0.05, 0.1) is 12.6 Å². The van der Waals surface area contributed by atoms with Crippen molar-refractivity contribution in [3.8, 4) is 0 Å². The van der Waals surface area contributed by atoms with Gasteiger partial charge in [0, 0.05) is 31.4 Å². The lowest BCUT2D eigenvalue weighted by molar-refractivity contribution is -0.137. The second-order valence-electron chi connectivity index (χ2n) is 4.89. The molecule has 1 saturated carbocycles. The maximum absolute atomic E-state index is 11.7. The van der Waals surface area contributed by atoms with Gasteiger partial charge in [-0.1, -0.05) is 0 Å². The van der Waals surface area contributed by atoms with Crippen LogP contribution in [0, 0.1) is 5.92 Å². The highest BCUT2D eigenvalue weighted by molar-refractivity contribution is 5.75. The van der Waals surface area contributed by atoms with Crippen LogP contribution >= 0.6 is 0 Å². The zero-order valence-corrected chi connectivity index (χ0v) is 10.8. The Bertz CT molecular complexity index is 467. The quantitative estimate of drug-likeness (QED) is 0.697. The van der Waals surface area contributed by atoms with Gasteiger partial charge in [-0.05, 0) is 18.8 Å². The van der Waals surface area contributed by atoms with Crippen molar-refractivity contribution >= 4 is 12.0 Å². The van der Waals surface area contributed by atoms with Crippen molar-refractivity contribution in [2.75, 3.05) is 0 Å². The summed E-state index contributed by atoms with van der Waals surface area (Å²) in [5.74, 6) is -0.579. The summed E-state index contributed by atoms with van der Waals surface area (Å²) in [5.41, 5.74) is 0.902. The van der Waals surface area contributed by atoms with E-state index >= 15 is 0 Å². The molecule has 0 aliphatic heterocycles. The highest BCUT2D eigenvalue weighted by Crippen LogP contribution is 2.33. The Labute approximate surface area is 111 Å². The van der Waals surface area contributed by atoms with E-state index in [1.165, 1.54) is 0 Å². The largest absolute Gasteiger partial charge is 0.481 e. The van der Waals surface area contributed by atoms with Crippen molar-refractivity contribution in [2.45, 2.75) is 31.8 Å². The molecule has 3 N–H and O–H groups in total. The molecule has 19 heavy (non-hydrogen) atoms. The number of aromatic nitrogens is 2. The first-order chi connectivity index (χ1) is 9.04. The number of nitrogens with zero attached hydrogens (tertiary/aromatic N) is 2. The van der Waals surface area contributed by atoms with Crippen LogP contribution in [-0.4, -0.2) is 32.9 Å². The highest BCUT2D eigenvalue weighted by atomic mass is 16.4. The van der Waals surface area contributed by atoms with Gasteiger partial charge in [-0.3, -0.25) is 9.48 Å². The summed E-state index contributed by atoms with van der Waals surface area (Å²) in [4.78, 5) is 22.4. The molecule has 0 bridgehead atoms. The van der Waals surface area contributed by atoms with E-state index in [9.17, 15) is 9.59 Å². The topological polar surface area (TPSA) is 96.2 Å². The molecule has 0 radical (unpaired) electrons. The van der Waals surface area contributed by atoms with Crippen LogP contribution in [0.4, 0.5) is 4.79 Å². The molecule has 1 heterocycles.